The van der Waals surface area contributed by atoms with Gasteiger partial charge < -0.3 is 18.9 Å². The summed E-state index contributed by atoms with van der Waals surface area (Å²) in [6.45, 7) is -1.41. The number of esters is 1. The summed E-state index contributed by atoms with van der Waals surface area (Å²) >= 11 is 0. The number of aryl methyl sites for hydroxylation is 1. The van der Waals surface area contributed by atoms with E-state index < -0.39 is 18.8 Å². The number of alkyl halides is 3. The van der Waals surface area contributed by atoms with E-state index in [9.17, 15) is 18.0 Å². The minimum absolute atomic E-state index is 0.0184. The molecule has 0 amide bonds. The molecule has 27 heavy (non-hydrogen) atoms. The first-order valence-corrected chi connectivity index (χ1v) is 8.02. The van der Waals surface area contributed by atoms with Crippen LogP contribution in [0.1, 0.15) is 12.0 Å². The van der Waals surface area contributed by atoms with Gasteiger partial charge >= 0.3 is 12.1 Å². The monoisotopic (exact) mass is 384 g/mol. The van der Waals surface area contributed by atoms with E-state index in [1.807, 2.05) is 0 Å². The summed E-state index contributed by atoms with van der Waals surface area (Å²) in [5.74, 6) is 0.443. The number of benzene rings is 2. The zero-order chi connectivity index (χ0) is 19.9. The zero-order valence-electron chi connectivity index (χ0n) is 14.8. The van der Waals surface area contributed by atoms with Crippen LogP contribution in [0.4, 0.5) is 13.2 Å². The molecule has 0 radical (unpaired) electrons. The predicted octanol–water partition coefficient (Wildman–Crippen LogP) is 4.18. The van der Waals surface area contributed by atoms with Crippen LogP contribution in [-0.2, 0) is 11.2 Å². The number of para-hydroxylation sites is 2. The van der Waals surface area contributed by atoms with Crippen LogP contribution < -0.4 is 18.9 Å². The van der Waals surface area contributed by atoms with Gasteiger partial charge in [0.25, 0.3) is 0 Å². The lowest BCUT2D eigenvalue weighted by Gasteiger charge is -2.13. The molecule has 0 saturated carbocycles. The lowest BCUT2D eigenvalue weighted by molar-refractivity contribution is -0.153. The van der Waals surface area contributed by atoms with Crippen LogP contribution >= 0.6 is 0 Å². The van der Waals surface area contributed by atoms with Crippen molar-refractivity contribution in [1.29, 1.82) is 0 Å². The number of carbonyl (C=O) groups is 1. The standard InChI is InChI=1S/C19H19F3O5/c1-24-14-5-3-4-6-16(14)27-18(23)10-8-13-7-9-15(17(11-13)25-2)26-12-19(20,21)22/h3-7,9,11H,8,10,12H2,1-2H3. The van der Waals surface area contributed by atoms with E-state index in [1.165, 1.54) is 26.4 Å². The molecule has 0 saturated heterocycles. The van der Waals surface area contributed by atoms with Gasteiger partial charge in [-0.3, -0.25) is 4.79 Å². The Morgan fingerprint density at radius 2 is 1.59 bits per heavy atom. The molecule has 5 nitrogen and oxygen atoms in total. The molecule has 2 rings (SSSR count). The highest BCUT2D eigenvalue weighted by Gasteiger charge is 2.29. The first-order valence-electron chi connectivity index (χ1n) is 8.02. The van der Waals surface area contributed by atoms with Crippen molar-refractivity contribution < 1.29 is 36.9 Å². The van der Waals surface area contributed by atoms with Crippen LogP contribution in [0.3, 0.4) is 0 Å². The zero-order valence-corrected chi connectivity index (χ0v) is 14.8. The lowest BCUT2D eigenvalue weighted by atomic mass is 10.1. The molecule has 0 fully saturated rings. The lowest BCUT2D eigenvalue weighted by Crippen LogP contribution is -2.19. The quantitative estimate of drug-likeness (QED) is 0.505. The van der Waals surface area contributed by atoms with Gasteiger partial charge in [0.05, 0.1) is 14.2 Å². The number of methoxy groups -OCH3 is 2. The van der Waals surface area contributed by atoms with Gasteiger partial charge in [-0.1, -0.05) is 18.2 Å². The molecule has 0 aliphatic heterocycles. The van der Waals surface area contributed by atoms with Gasteiger partial charge in [-0.05, 0) is 36.2 Å². The van der Waals surface area contributed by atoms with E-state index >= 15 is 0 Å². The van der Waals surface area contributed by atoms with E-state index in [2.05, 4.69) is 0 Å². The highest BCUT2D eigenvalue weighted by molar-refractivity contribution is 5.73. The van der Waals surface area contributed by atoms with E-state index in [4.69, 9.17) is 18.9 Å². The smallest absolute Gasteiger partial charge is 0.422 e. The number of carbonyl (C=O) groups excluding carboxylic acids is 1. The van der Waals surface area contributed by atoms with Crippen LogP contribution in [0.15, 0.2) is 42.5 Å². The van der Waals surface area contributed by atoms with Gasteiger partial charge in [-0.15, -0.1) is 0 Å². The molecule has 0 spiro atoms. The highest BCUT2D eigenvalue weighted by Crippen LogP contribution is 2.30. The third kappa shape index (κ3) is 6.40. The summed E-state index contributed by atoms with van der Waals surface area (Å²) < 4.78 is 57.0. The average molecular weight is 384 g/mol. The summed E-state index contributed by atoms with van der Waals surface area (Å²) in [6.07, 6.45) is -4.04. The molecule has 0 N–H and O–H groups in total. The molecule has 0 bridgehead atoms. The molecule has 8 heteroatoms. The Kier molecular flexibility index (Phi) is 6.92. The number of hydrogen-bond acceptors (Lipinski definition) is 5. The third-order valence-electron chi connectivity index (χ3n) is 3.53. The third-order valence-corrected chi connectivity index (χ3v) is 3.53. The SMILES string of the molecule is COc1cc(CCC(=O)Oc2ccccc2OC)ccc1OCC(F)(F)F. The predicted molar refractivity (Wildman–Crippen MR) is 91.5 cm³/mol. The second kappa shape index (κ2) is 9.16. The normalized spacial score (nSPS) is 11.0. The minimum atomic E-state index is -4.44. The Morgan fingerprint density at radius 1 is 0.926 bits per heavy atom. The second-order valence-corrected chi connectivity index (χ2v) is 5.51. The van der Waals surface area contributed by atoms with Crippen LogP contribution in [0.25, 0.3) is 0 Å². The maximum atomic E-state index is 12.3. The van der Waals surface area contributed by atoms with E-state index in [0.717, 1.165) is 0 Å². The first kappa shape index (κ1) is 20.4. The first-order chi connectivity index (χ1) is 12.8. The van der Waals surface area contributed by atoms with Crippen molar-refractivity contribution in [2.45, 2.75) is 19.0 Å². The van der Waals surface area contributed by atoms with Crippen LogP contribution in [0.2, 0.25) is 0 Å². The number of hydrogen-bond donors (Lipinski definition) is 0. The number of ether oxygens (including phenoxy) is 4. The van der Waals surface area contributed by atoms with Gasteiger partial charge in [0.2, 0.25) is 0 Å². The van der Waals surface area contributed by atoms with Crippen LogP contribution in [-0.4, -0.2) is 33.0 Å². The summed E-state index contributed by atoms with van der Waals surface area (Å²) in [7, 11) is 2.80. The largest absolute Gasteiger partial charge is 0.493 e. The summed E-state index contributed by atoms with van der Waals surface area (Å²) in [5, 5.41) is 0. The Hall–Kier alpha value is -2.90. The molecule has 2 aromatic rings. The van der Waals surface area contributed by atoms with Crippen molar-refractivity contribution in [2.75, 3.05) is 20.8 Å². The van der Waals surface area contributed by atoms with Gasteiger partial charge in [-0.2, -0.15) is 13.2 Å². The minimum Gasteiger partial charge on any atom is -0.493 e. The molecular weight excluding hydrogens is 365 g/mol. The summed E-state index contributed by atoms with van der Waals surface area (Å²) in [4.78, 5) is 12.0. The van der Waals surface area contributed by atoms with Gasteiger partial charge in [0.15, 0.2) is 29.6 Å². The maximum absolute atomic E-state index is 12.3. The average Bonchev–Trinajstić information content (AvgIpc) is 2.64. The van der Waals surface area contributed by atoms with Crippen molar-refractivity contribution >= 4 is 5.97 Å². The Morgan fingerprint density at radius 3 is 2.22 bits per heavy atom. The Balaban J connectivity index is 1.96. The maximum Gasteiger partial charge on any atom is 0.422 e. The fraction of sp³-hybridized carbons (Fsp3) is 0.316. The molecule has 0 aliphatic carbocycles. The second-order valence-electron chi connectivity index (χ2n) is 5.51. The van der Waals surface area contributed by atoms with Crippen LogP contribution in [0, 0.1) is 0 Å². The van der Waals surface area contributed by atoms with E-state index in [0.29, 0.717) is 23.5 Å². The number of halogens is 3. The molecule has 0 aromatic heterocycles. The topological polar surface area (TPSA) is 54.0 Å². The van der Waals surface area contributed by atoms with E-state index in [1.54, 1.807) is 30.3 Å². The van der Waals surface area contributed by atoms with Gasteiger partial charge in [-0.25, -0.2) is 0 Å². The Bertz CT molecular complexity index is 774. The number of rotatable bonds is 8. The highest BCUT2D eigenvalue weighted by atomic mass is 19.4. The molecule has 146 valence electrons. The summed E-state index contributed by atoms with van der Waals surface area (Å²) in [6, 6.07) is 11.2. The molecular formula is C19H19F3O5. The van der Waals surface area contributed by atoms with Crippen molar-refractivity contribution in [1.82, 2.24) is 0 Å². The van der Waals surface area contributed by atoms with Crippen molar-refractivity contribution in [2.24, 2.45) is 0 Å². The van der Waals surface area contributed by atoms with E-state index in [-0.39, 0.29) is 17.9 Å². The van der Waals surface area contributed by atoms with Crippen LogP contribution in [0.5, 0.6) is 23.0 Å². The fourth-order valence-electron chi connectivity index (χ4n) is 2.27. The van der Waals surface area contributed by atoms with Gasteiger partial charge in [0.1, 0.15) is 0 Å². The molecule has 0 heterocycles. The van der Waals surface area contributed by atoms with Crippen molar-refractivity contribution in [3.8, 4) is 23.0 Å². The molecule has 0 aliphatic rings. The summed E-state index contributed by atoms with van der Waals surface area (Å²) in [5.41, 5.74) is 0.697. The van der Waals surface area contributed by atoms with Crippen molar-refractivity contribution in [3.63, 3.8) is 0 Å². The Labute approximate surface area is 154 Å². The fourth-order valence-corrected chi connectivity index (χ4v) is 2.27. The molecule has 0 atom stereocenters. The molecule has 0 unspecified atom stereocenters. The van der Waals surface area contributed by atoms with Crippen molar-refractivity contribution in [3.05, 3.63) is 48.0 Å². The molecule has 2 aromatic carbocycles. The van der Waals surface area contributed by atoms with Gasteiger partial charge in [0, 0.05) is 6.42 Å².